The minimum atomic E-state index is -0.101. The van der Waals surface area contributed by atoms with E-state index in [1.54, 1.807) is 0 Å². The molecule has 1 aromatic heterocycles. The van der Waals surface area contributed by atoms with Crippen molar-refractivity contribution in [2.75, 3.05) is 0 Å². The molecular formula is C11H12N2O2S. The summed E-state index contributed by atoms with van der Waals surface area (Å²) in [4.78, 5) is 0. The molecule has 5 heteroatoms. The third-order valence-electron chi connectivity index (χ3n) is 2.12. The van der Waals surface area contributed by atoms with Gasteiger partial charge in [0, 0.05) is 0 Å². The zero-order chi connectivity index (χ0) is 11.4. The Hall–Kier alpha value is -1.46. The highest BCUT2D eigenvalue weighted by atomic mass is 32.1. The summed E-state index contributed by atoms with van der Waals surface area (Å²) in [6, 6.07) is 7.84. The second kappa shape index (κ2) is 5.05. The Kier molecular flexibility index (Phi) is 3.48. The third-order valence-corrected chi connectivity index (χ3v) is 2.91. The summed E-state index contributed by atoms with van der Waals surface area (Å²) in [6.45, 7) is 2.00. The maximum absolute atomic E-state index is 8.84. The van der Waals surface area contributed by atoms with Crippen LogP contribution in [0.4, 0.5) is 0 Å². The summed E-state index contributed by atoms with van der Waals surface area (Å²) in [6.07, 6.45) is 1.01. The summed E-state index contributed by atoms with van der Waals surface area (Å²) >= 11 is 1.24. The van der Waals surface area contributed by atoms with E-state index in [1.165, 1.54) is 16.9 Å². The Morgan fingerprint density at radius 2 is 2.00 bits per heavy atom. The van der Waals surface area contributed by atoms with Crippen LogP contribution in [0, 0.1) is 0 Å². The van der Waals surface area contributed by atoms with Gasteiger partial charge in [-0.2, -0.15) is 0 Å². The molecule has 0 amide bonds. The highest BCUT2D eigenvalue weighted by molar-refractivity contribution is 7.13. The zero-order valence-corrected chi connectivity index (χ0v) is 9.70. The van der Waals surface area contributed by atoms with E-state index in [9.17, 15) is 0 Å². The first-order valence-electron chi connectivity index (χ1n) is 5.02. The average molecular weight is 236 g/mol. The van der Waals surface area contributed by atoms with Gasteiger partial charge in [-0.3, -0.25) is 0 Å². The lowest BCUT2D eigenvalue weighted by molar-refractivity contribution is 0.280. The largest absolute Gasteiger partial charge is 0.430 e. The molecule has 2 aromatic rings. The van der Waals surface area contributed by atoms with Gasteiger partial charge < -0.3 is 9.84 Å². The van der Waals surface area contributed by atoms with Crippen molar-refractivity contribution in [3.63, 3.8) is 0 Å². The molecule has 0 saturated carbocycles. The first-order valence-corrected chi connectivity index (χ1v) is 5.83. The molecule has 2 rings (SSSR count). The highest BCUT2D eigenvalue weighted by Gasteiger charge is 2.04. The van der Waals surface area contributed by atoms with Crippen molar-refractivity contribution in [3.05, 3.63) is 34.8 Å². The van der Waals surface area contributed by atoms with Gasteiger partial charge in [-0.05, 0) is 24.1 Å². The lowest BCUT2D eigenvalue weighted by Gasteiger charge is -2.01. The highest BCUT2D eigenvalue weighted by Crippen LogP contribution is 2.25. The van der Waals surface area contributed by atoms with E-state index in [1.807, 2.05) is 24.3 Å². The number of hydrogen-bond acceptors (Lipinski definition) is 5. The van der Waals surface area contributed by atoms with Crippen molar-refractivity contribution in [3.8, 4) is 10.9 Å². The monoisotopic (exact) mass is 236 g/mol. The minimum absolute atomic E-state index is 0.101. The number of hydrogen-bond donors (Lipinski definition) is 1. The van der Waals surface area contributed by atoms with Crippen LogP contribution in [-0.4, -0.2) is 15.3 Å². The maximum atomic E-state index is 8.84. The van der Waals surface area contributed by atoms with E-state index in [0.717, 1.165) is 12.2 Å². The van der Waals surface area contributed by atoms with Gasteiger partial charge in [0.1, 0.15) is 10.8 Å². The van der Waals surface area contributed by atoms with E-state index in [0.29, 0.717) is 10.2 Å². The number of nitrogens with zero attached hydrogens (tertiary/aromatic N) is 2. The van der Waals surface area contributed by atoms with Gasteiger partial charge in [0.2, 0.25) is 0 Å². The molecule has 84 valence electrons. The van der Waals surface area contributed by atoms with Crippen LogP contribution in [0.2, 0.25) is 0 Å². The number of aliphatic hydroxyl groups is 1. The van der Waals surface area contributed by atoms with Crippen LogP contribution in [0.3, 0.4) is 0 Å². The van der Waals surface area contributed by atoms with E-state index >= 15 is 0 Å². The van der Waals surface area contributed by atoms with Crippen molar-refractivity contribution >= 4 is 11.3 Å². The van der Waals surface area contributed by atoms with Crippen LogP contribution in [-0.2, 0) is 13.0 Å². The second-order valence-electron chi connectivity index (χ2n) is 3.22. The van der Waals surface area contributed by atoms with Gasteiger partial charge in [-0.1, -0.05) is 35.5 Å². The molecule has 0 fully saturated rings. The Labute approximate surface area is 97.5 Å². The topological polar surface area (TPSA) is 55.2 Å². The second-order valence-corrected chi connectivity index (χ2v) is 4.24. The zero-order valence-electron chi connectivity index (χ0n) is 8.88. The lowest BCUT2D eigenvalue weighted by Crippen LogP contribution is -1.84. The predicted molar refractivity (Wildman–Crippen MR) is 61.7 cm³/mol. The number of aliphatic hydroxyl groups excluding tert-OH is 1. The smallest absolute Gasteiger partial charge is 0.299 e. The Bertz CT molecular complexity index is 453. The summed E-state index contributed by atoms with van der Waals surface area (Å²) in [5.74, 6) is 0.734. The van der Waals surface area contributed by atoms with Gasteiger partial charge in [0.15, 0.2) is 0 Å². The molecule has 1 heterocycles. The quantitative estimate of drug-likeness (QED) is 0.885. The van der Waals surface area contributed by atoms with Crippen molar-refractivity contribution in [1.82, 2.24) is 10.2 Å². The maximum Gasteiger partial charge on any atom is 0.299 e. The molecule has 0 aliphatic heterocycles. The van der Waals surface area contributed by atoms with Crippen LogP contribution in [0.25, 0.3) is 0 Å². The Balaban J connectivity index is 2.08. The van der Waals surface area contributed by atoms with Crippen molar-refractivity contribution < 1.29 is 9.84 Å². The summed E-state index contributed by atoms with van der Waals surface area (Å²) in [5, 5.41) is 17.4. The molecular weight excluding hydrogens is 224 g/mol. The number of rotatable bonds is 4. The number of aryl methyl sites for hydroxylation is 1. The number of aromatic nitrogens is 2. The molecule has 0 aliphatic rings. The standard InChI is InChI=1S/C11H12N2O2S/c1-2-8-3-5-9(6-4-8)15-11-13-12-10(7-14)16-11/h3-6,14H,2,7H2,1H3. The minimum Gasteiger partial charge on any atom is -0.430 e. The predicted octanol–water partition coefficient (Wildman–Crippen LogP) is 2.39. The normalized spacial score (nSPS) is 10.4. The molecule has 0 aliphatic carbocycles. The van der Waals surface area contributed by atoms with Crippen LogP contribution in [0.15, 0.2) is 24.3 Å². The fraction of sp³-hybridized carbons (Fsp3) is 0.273. The first kappa shape index (κ1) is 11.0. The van der Waals surface area contributed by atoms with Gasteiger partial charge in [0.25, 0.3) is 5.19 Å². The lowest BCUT2D eigenvalue weighted by atomic mass is 10.2. The van der Waals surface area contributed by atoms with E-state index < -0.39 is 0 Å². The molecule has 0 radical (unpaired) electrons. The van der Waals surface area contributed by atoms with E-state index in [-0.39, 0.29) is 6.61 Å². The first-order chi connectivity index (χ1) is 7.81. The molecule has 1 N–H and O–H groups in total. The molecule has 0 saturated heterocycles. The van der Waals surface area contributed by atoms with Crippen molar-refractivity contribution in [1.29, 1.82) is 0 Å². The molecule has 0 unspecified atom stereocenters. The summed E-state index contributed by atoms with van der Waals surface area (Å²) in [7, 11) is 0. The summed E-state index contributed by atoms with van der Waals surface area (Å²) in [5.41, 5.74) is 1.26. The fourth-order valence-electron chi connectivity index (χ4n) is 1.24. The summed E-state index contributed by atoms with van der Waals surface area (Å²) < 4.78 is 5.49. The van der Waals surface area contributed by atoms with Crippen molar-refractivity contribution in [2.45, 2.75) is 20.0 Å². The van der Waals surface area contributed by atoms with Crippen LogP contribution >= 0.6 is 11.3 Å². The molecule has 16 heavy (non-hydrogen) atoms. The Morgan fingerprint density at radius 1 is 1.25 bits per heavy atom. The van der Waals surface area contributed by atoms with Crippen LogP contribution in [0.1, 0.15) is 17.5 Å². The average Bonchev–Trinajstić information content (AvgIpc) is 2.78. The van der Waals surface area contributed by atoms with Gasteiger partial charge in [-0.25, -0.2) is 0 Å². The number of ether oxygens (including phenoxy) is 1. The van der Waals surface area contributed by atoms with E-state index in [2.05, 4.69) is 17.1 Å². The van der Waals surface area contributed by atoms with E-state index in [4.69, 9.17) is 9.84 Å². The molecule has 0 atom stereocenters. The third kappa shape index (κ3) is 2.56. The van der Waals surface area contributed by atoms with Crippen LogP contribution < -0.4 is 4.74 Å². The molecule has 1 aromatic carbocycles. The fourth-order valence-corrected chi connectivity index (χ4v) is 1.80. The molecule has 4 nitrogen and oxygen atoms in total. The SMILES string of the molecule is CCc1ccc(Oc2nnc(CO)s2)cc1. The molecule has 0 spiro atoms. The van der Waals surface area contributed by atoms with Gasteiger partial charge >= 0.3 is 0 Å². The van der Waals surface area contributed by atoms with Crippen LogP contribution in [0.5, 0.6) is 10.9 Å². The van der Waals surface area contributed by atoms with Gasteiger partial charge in [0.05, 0.1) is 6.61 Å². The van der Waals surface area contributed by atoms with Crippen molar-refractivity contribution in [2.24, 2.45) is 0 Å². The molecule has 0 bridgehead atoms. The van der Waals surface area contributed by atoms with Gasteiger partial charge in [-0.15, -0.1) is 5.10 Å². The Morgan fingerprint density at radius 3 is 2.56 bits per heavy atom. The number of benzene rings is 1.